The van der Waals surface area contributed by atoms with Gasteiger partial charge in [0.05, 0.1) is 5.71 Å². The van der Waals surface area contributed by atoms with Gasteiger partial charge in [0.15, 0.2) is 0 Å². The van der Waals surface area contributed by atoms with Gasteiger partial charge in [-0.3, -0.25) is 4.84 Å². The highest BCUT2D eigenvalue weighted by Gasteiger charge is 2.30. The minimum Gasteiger partial charge on any atom is -0.333 e. The van der Waals surface area contributed by atoms with E-state index in [2.05, 4.69) is 9.99 Å². The van der Waals surface area contributed by atoms with Crippen LogP contribution in [0.3, 0.4) is 0 Å². The fourth-order valence-corrected chi connectivity index (χ4v) is 2.88. The number of hydrogen-bond acceptors (Lipinski definition) is 3. The summed E-state index contributed by atoms with van der Waals surface area (Å²) in [5, 5.41) is 3.82. The summed E-state index contributed by atoms with van der Waals surface area (Å²) < 4.78 is 0. The topological polar surface area (TPSA) is 64.7 Å². The van der Waals surface area contributed by atoms with Crippen LogP contribution in [-0.4, -0.2) is 11.8 Å². The number of nitrogens with two attached hydrogens (primary N) is 1. The lowest BCUT2D eigenvalue weighted by molar-refractivity contribution is 0.157. The summed E-state index contributed by atoms with van der Waals surface area (Å²) in [5.41, 5.74) is 5.88. The van der Waals surface area contributed by atoms with Crippen molar-refractivity contribution in [3.63, 3.8) is 0 Å². The molecule has 0 aromatic heterocycles. The van der Waals surface area contributed by atoms with Crippen LogP contribution in [-0.2, 0) is 4.84 Å². The number of rotatable bonds is 1. The van der Waals surface area contributed by atoms with E-state index in [0.29, 0.717) is 0 Å². The van der Waals surface area contributed by atoms with Gasteiger partial charge in [-0.1, -0.05) is 24.4 Å². The Morgan fingerprint density at radius 1 is 1.27 bits per heavy atom. The third kappa shape index (κ3) is 2.70. The lowest BCUT2D eigenvalue weighted by Gasteiger charge is -2.35. The molecule has 15 heavy (non-hydrogen) atoms. The molecule has 4 nitrogen and oxygen atoms in total. The molecule has 2 unspecified atom stereocenters. The molecular weight excluding hydrogens is 192 g/mol. The van der Waals surface area contributed by atoms with Gasteiger partial charge in [-0.15, -0.1) is 0 Å². The van der Waals surface area contributed by atoms with Crippen molar-refractivity contribution in [3.8, 4) is 0 Å². The Labute approximate surface area is 89.8 Å². The minimum atomic E-state index is -0.812. The average Bonchev–Trinajstić information content (AvgIpc) is 2.26. The Morgan fingerprint density at radius 3 is 2.73 bits per heavy atom. The van der Waals surface area contributed by atoms with Crippen molar-refractivity contribution in [1.29, 1.82) is 0 Å². The van der Waals surface area contributed by atoms with Crippen molar-refractivity contribution >= 4 is 11.8 Å². The molecule has 0 aromatic carbocycles. The molecule has 0 saturated heterocycles. The number of oxime groups is 1. The van der Waals surface area contributed by atoms with E-state index in [1.54, 1.807) is 0 Å². The average molecular weight is 210 g/mol. The van der Waals surface area contributed by atoms with Gasteiger partial charge in [0.2, 0.25) is 0 Å². The molecule has 4 heteroatoms. The Balaban J connectivity index is 1.90. The van der Waals surface area contributed by atoms with Crippen LogP contribution in [0.1, 0.15) is 44.9 Å². The van der Waals surface area contributed by atoms with Crippen LogP contribution < -0.4 is 5.73 Å². The molecule has 2 rings (SSSR count). The zero-order valence-electron chi connectivity index (χ0n) is 8.95. The first-order chi connectivity index (χ1) is 7.25. The SMILES string of the molecule is NC(=O)O/N=C1/CCC2CCCCC2C1. The molecule has 0 aromatic rings. The third-order valence-corrected chi connectivity index (χ3v) is 3.63. The largest absolute Gasteiger partial charge is 0.430 e. The maximum absolute atomic E-state index is 10.4. The van der Waals surface area contributed by atoms with Crippen LogP contribution in [0.5, 0.6) is 0 Å². The van der Waals surface area contributed by atoms with Gasteiger partial charge in [0.1, 0.15) is 0 Å². The van der Waals surface area contributed by atoms with E-state index in [0.717, 1.165) is 30.4 Å². The molecule has 0 radical (unpaired) electrons. The van der Waals surface area contributed by atoms with Gasteiger partial charge in [-0.25, -0.2) is 4.79 Å². The van der Waals surface area contributed by atoms with Gasteiger partial charge >= 0.3 is 6.09 Å². The standard InChI is InChI=1S/C11H18N2O2/c12-11(14)15-13-10-6-5-8-3-1-2-4-9(8)7-10/h8-9H,1-7H2,(H2,12,14)/b13-10-. The van der Waals surface area contributed by atoms with E-state index < -0.39 is 6.09 Å². The van der Waals surface area contributed by atoms with Crippen LogP contribution in [0.4, 0.5) is 4.79 Å². The number of carbonyl (C=O) groups is 1. The lowest BCUT2D eigenvalue weighted by Crippen LogP contribution is -2.28. The molecule has 84 valence electrons. The van der Waals surface area contributed by atoms with Gasteiger partial charge in [-0.05, 0) is 37.5 Å². The molecule has 2 aliphatic carbocycles. The molecule has 2 fully saturated rings. The van der Waals surface area contributed by atoms with E-state index in [1.165, 1.54) is 32.1 Å². The van der Waals surface area contributed by atoms with Crippen LogP contribution >= 0.6 is 0 Å². The van der Waals surface area contributed by atoms with Crippen molar-refractivity contribution < 1.29 is 9.63 Å². The fourth-order valence-electron chi connectivity index (χ4n) is 2.88. The number of hydrogen-bond donors (Lipinski definition) is 1. The van der Waals surface area contributed by atoms with E-state index in [9.17, 15) is 4.79 Å². The zero-order chi connectivity index (χ0) is 10.7. The molecule has 2 saturated carbocycles. The highest BCUT2D eigenvalue weighted by atomic mass is 16.7. The summed E-state index contributed by atoms with van der Waals surface area (Å²) in [4.78, 5) is 14.9. The lowest BCUT2D eigenvalue weighted by atomic mass is 9.70. The molecule has 0 bridgehead atoms. The van der Waals surface area contributed by atoms with Gasteiger partial charge < -0.3 is 5.73 Å². The molecule has 1 amide bonds. The van der Waals surface area contributed by atoms with Crippen LogP contribution in [0, 0.1) is 11.8 Å². The second kappa shape index (κ2) is 4.64. The number of amides is 1. The summed E-state index contributed by atoms with van der Waals surface area (Å²) in [7, 11) is 0. The third-order valence-electron chi connectivity index (χ3n) is 3.63. The maximum Gasteiger partial charge on any atom is 0.430 e. The zero-order valence-corrected chi connectivity index (χ0v) is 8.95. The van der Waals surface area contributed by atoms with E-state index in [1.807, 2.05) is 0 Å². The Kier molecular flexibility index (Phi) is 3.23. The van der Waals surface area contributed by atoms with Gasteiger partial charge in [-0.2, -0.15) is 0 Å². The van der Waals surface area contributed by atoms with Crippen molar-refractivity contribution in [3.05, 3.63) is 0 Å². The first kappa shape index (κ1) is 10.5. The fraction of sp³-hybridized carbons (Fsp3) is 0.818. The van der Waals surface area contributed by atoms with Crippen LogP contribution in [0.2, 0.25) is 0 Å². The summed E-state index contributed by atoms with van der Waals surface area (Å²) in [6.07, 6.45) is 7.75. The second-order valence-electron chi connectivity index (χ2n) is 4.62. The molecular formula is C11H18N2O2. The minimum absolute atomic E-state index is 0.766. The summed E-state index contributed by atoms with van der Waals surface area (Å²) in [6.45, 7) is 0. The van der Waals surface area contributed by atoms with Gasteiger partial charge in [0, 0.05) is 0 Å². The summed E-state index contributed by atoms with van der Waals surface area (Å²) >= 11 is 0. The first-order valence-corrected chi connectivity index (χ1v) is 5.78. The predicted molar refractivity (Wildman–Crippen MR) is 57.4 cm³/mol. The van der Waals surface area contributed by atoms with E-state index >= 15 is 0 Å². The van der Waals surface area contributed by atoms with Crippen molar-refractivity contribution in [2.24, 2.45) is 22.7 Å². The number of primary amides is 1. The van der Waals surface area contributed by atoms with Crippen molar-refractivity contribution in [2.45, 2.75) is 44.9 Å². The Bertz CT molecular complexity index is 276. The van der Waals surface area contributed by atoms with Gasteiger partial charge in [0.25, 0.3) is 0 Å². The number of carbonyl (C=O) groups excluding carboxylic acids is 1. The monoisotopic (exact) mass is 210 g/mol. The molecule has 2 aliphatic rings. The molecule has 0 aliphatic heterocycles. The highest BCUT2D eigenvalue weighted by molar-refractivity contribution is 5.85. The Morgan fingerprint density at radius 2 is 2.00 bits per heavy atom. The Hall–Kier alpha value is -1.06. The normalized spacial score (nSPS) is 33.5. The molecule has 0 spiro atoms. The van der Waals surface area contributed by atoms with Crippen LogP contribution in [0.25, 0.3) is 0 Å². The van der Waals surface area contributed by atoms with Crippen LogP contribution in [0.15, 0.2) is 5.16 Å². The number of fused-ring (bicyclic) bond motifs is 1. The van der Waals surface area contributed by atoms with Crippen molar-refractivity contribution in [1.82, 2.24) is 0 Å². The smallest absolute Gasteiger partial charge is 0.333 e. The van der Waals surface area contributed by atoms with E-state index in [-0.39, 0.29) is 0 Å². The quantitative estimate of drug-likeness (QED) is 0.533. The molecule has 2 N–H and O–H groups in total. The molecule has 0 heterocycles. The predicted octanol–water partition coefficient (Wildman–Crippen LogP) is 2.43. The van der Waals surface area contributed by atoms with Crippen molar-refractivity contribution in [2.75, 3.05) is 0 Å². The summed E-state index contributed by atoms with van der Waals surface area (Å²) in [5.74, 6) is 1.65. The summed E-state index contributed by atoms with van der Waals surface area (Å²) in [6, 6.07) is 0. The highest BCUT2D eigenvalue weighted by Crippen LogP contribution is 2.39. The molecule has 2 atom stereocenters. The van der Waals surface area contributed by atoms with E-state index in [4.69, 9.17) is 5.73 Å². The maximum atomic E-state index is 10.4. The number of nitrogens with zero attached hydrogens (tertiary/aromatic N) is 1. The first-order valence-electron chi connectivity index (χ1n) is 5.78. The second-order valence-corrected chi connectivity index (χ2v) is 4.62.